The van der Waals surface area contributed by atoms with Gasteiger partial charge in [-0.05, 0) is 43.5 Å². The predicted octanol–water partition coefficient (Wildman–Crippen LogP) is 5.97. The van der Waals surface area contributed by atoms with Gasteiger partial charge in [-0.1, -0.05) is 26.8 Å². The number of aromatic nitrogens is 4. The number of nitrogens with zero attached hydrogens (tertiary/aromatic N) is 7. The van der Waals surface area contributed by atoms with Gasteiger partial charge in [-0.15, -0.1) is 0 Å². The largest absolute Gasteiger partial charge is 0.305 e. The van der Waals surface area contributed by atoms with E-state index >= 15 is 4.39 Å². The summed E-state index contributed by atoms with van der Waals surface area (Å²) in [5.41, 5.74) is 1.92. The van der Waals surface area contributed by atoms with E-state index in [1.54, 1.807) is 38.7 Å². The third-order valence-electron chi connectivity index (χ3n) is 7.83. The predicted molar refractivity (Wildman–Crippen MR) is 155 cm³/mol. The van der Waals surface area contributed by atoms with E-state index in [0.29, 0.717) is 53.9 Å². The molecule has 0 saturated carbocycles. The van der Waals surface area contributed by atoms with Crippen LogP contribution in [0.2, 0.25) is 0 Å². The number of hydrogen-bond donors (Lipinski definition) is 0. The maximum Gasteiger partial charge on any atom is 0.283 e. The van der Waals surface area contributed by atoms with Gasteiger partial charge >= 0.3 is 0 Å². The third kappa shape index (κ3) is 4.66. The molecule has 8 nitrogen and oxygen atoms in total. The van der Waals surface area contributed by atoms with E-state index in [-0.39, 0.29) is 35.7 Å². The molecule has 0 saturated heterocycles. The fourth-order valence-corrected chi connectivity index (χ4v) is 5.58. The third-order valence-corrected chi connectivity index (χ3v) is 7.83. The van der Waals surface area contributed by atoms with E-state index in [4.69, 9.17) is 9.98 Å². The van der Waals surface area contributed by atoms with E-state index in [0.717, 1.165) is 12.5 Å². The van der Waals surface area contributed by atoms with Crippen molar-refractivity contribution in [3.05, 3.63) is 77.5 Å². The van der Waals surface area contributed by atoms with Crippen LogP contribution in [0.5, 0.6) is 0 Å². The summed E-state index contributed by atoms with van der Waals surface area (Å²) >= 11 is 0. The number of aryl methyl sites for hydroxylation is 1. The van der Waals surface area contributed by atoms with Crippen molar-refractivity contribution in [3.63, 3.8) is 0 Å². The highest BCUT2D eigenvalue weighted by atomic mass is 19.1. The van der Waals surface area contributed by atoms with E-state index < -0.39 is 17.5 Å². The number of carbonyl (C=O) groups is 1. The standard InChI is InChI=1S/C31H32F3N7O/c1-5-11-38-15-21(14-35-38)23-12-19(8-10-24(23)33)28-37-27-29(40(28)16-20-7-9-22(32)13-25(20)34)41-17-26(18(3)4)36-31(41)39(6-2)30(27)42/h7-10,12-15,18,26H,5-6,11,16-17H2,1-4H3. The number of aliphatic imine (C=N–C) groups is 1. The molecule has 11 heteroatoms. The van der Waals surface area contributed by atoms with Crippen molar-refractivity contribution in [2.45, 2.75) is 53.2 Å². The summed E-state index contributed by atoms with van der Waals surface area (Å²) in [6.45, 7) is 9.66. The van der Waals surface area contributed by atoms with Crippen LogP contribution in [0.3, 0.4) is 0 Å². The van der Waals surface area contributed by atoms with Gasteiger partial charge in [0.1, 0.15) is 29.1 Å². The second-order valence-electron chi connectivity index (χ2n) is 11.0. The maximum absolute atomic E-state index is 15.2. The highest BCUT2D eigenvalue weighted by molar-refractivity contribution is 6.18. The van der Waals surface area contributed by atoms with Gasteiger partial charge in [-0.25, -0.2) is 23.1 Å². The first-order valence-corrected chi connectivity index (χ1v) is 14.2. The number of benzene rings is 2. The number of rotatable bonds is 8. The number of guanidine groups is 1. The monoisotopic (exact) mass is 575 g/mol. The lowest BCUT2D eigenvalue weighted by atomic mass is 10.0. The Labute approximate surface area is 242 Å². The minimum atomic E-state index is -0.709. The lowest BCUT2D eigenvalue weighted by Gasteiger charge is -2.33. The molecule has 0 fully saturated rings. The highest BCUT2D eigenvalue weighted by Gasteiger charge is 2.44. The summed E-state index contributed by atoms with van der Waals surface area (Å²) in [6.07, 6.45) is 4.29. The molecule has 6 rings (SSSR count). The zero-order chi connectivity index (χ0) is 29.7. The Bertz CT molecular complexity index is 1710. The Balaban J connectivity index is 1.54. The van der Waals surface area contributed by atoms with Crippen molar-refractivity contribution in [3.8, 4) is 22.5 Å². The van der Waals surface area contributed by atoms with Gasteiger partial charge in [0, 0.05) is 47.6 Å². The van der Waals surface area contributed by atoms with E-state index in [2.05, 4.69) is 18.9 Å². The molecule has 4 aromatic rings. The van der Waals surface area contributed by atoms with E-state index in [1.165, 1.54) is 18.2 Å². The average Bonchev–Trinajstić information content (AvgIpc) is 3.69. The Morgan fingerprint density at radius 2 is 1.83 bits per heavy atom. The molecule has 0 aliphatic carbocycles. The van der Waals surface area contributed by atoms with Crippen molar-refractivity contribution in [1.82, 2.24) is 24.2 Å². The molecule has 1 amide bonds. The maximum atomic E-state index is 15.2. The first-order valence-electron chi connectivity index (χ1n) is 14.2. The average molecular weight is 576 g/mol. The zero-order valence-electron chi connectivity index (χ0n) is 24.0. The van der Waals surface area contributed by atoms with Crippen molar-refractivity contribution >= 4 is 17.7 Å². The molecular weight excluding hydrogens is 543 g/mol. The van der Waals surface area contributed by atoms with Gasteiger partial charge in [-0.2, -0.15) is 5.10 Å². The Morgan fingerprint density at radius 3 is 2.55 bits per heavy atom. The Morgan fingerprint density at radius 1 is 1.02 bits per heavy atom. The van der Waals surface area contributed by atoms with Crippen molar-refractivity contribution < 1.29 is 18.0 Å². The minimum Gasteiger partial charge on any atom is -0.305 e. The van der Waals surface area contributed by atoms with Crippen molar-refractivity contribution in [1.29, 1.82) is 0 Å². The van der Waals surface area contributed by atoms with E-state index in [9.17, 15) is 13.6 Å². The lowest BCUT2D eigenvalue weighted by Crippen LogP contribution is -2.50. The zero-order valence-corrected chi connectivity index (χ0v) is 24.0. The molecule has 218 valence electrons. The number of carbonyl (C=O) groups excluding carboxylic acids is 1. The summed E-state index contributed by atoms with van der Waals surface area (Å²) in [5, 5.41) is 4.34. The van der Waals surface area contributed by atoms with Gasteiger partial charge in [0.2, 0.25) is 5.96 Å². The summed E-state index contributed by atoms with van der Waals surface area (Å²) in [5.74, 6) is -0.517. The molecule has 0 spiro atoms. The van der Waals surface area contributed by atoms with Crippen LogP contribution in [0.15, 0.2) is 53.8 Å². The number of amides is 1. The SMILES string of the molecule is CCCn1cc(-c2cc(-c3nc4c(n3Cc3ccc(F)cc3F)N3CC(C(C)C)N=C3N(CC)C4=O)ccc2F)cn1. The summed E-state index contributed by atoms with van der Waals surface area (Å²) in [4.78, 5) is 27.0. The van der Waals surface area contributed by atoms with Gasteiger partial charge in [0.25, 0.3) is 5.91 Å². The quantitative estimate of drug-likeness (QED) is 0.260. The van der Waals surface area contributed by atoms with Crippen LogP contribution in [-0.4, -0.2) is 55.2 Å². The molecule has 4 heterocycles. The summed E-state index contributed by atoms with van der Waals surface area (Å²) in [7, 11) is 0. The van der Waals surface area contributed by atoms with Crippen LogP contribution in [0.4, 0.5) is 19.0 Å². The topological polar surface area (TPSA) is 71.6 Å². The molecule has 1 unspecified atom stereocenters. The molecule has 2 aromatic carbocycles. The molecule has 1 atom stereocenters. The number of anilines is 1. The van der Waals surface area contributed by atoms with Crippen LogP contribution < -0.4 is 4.90 Å². The van der Waals surface area contributed by atoms with Crippen molar-refractivity contribution in [2.24, 2.45) is 10.9 Å². The van der Waals surface area contributed by atoms with Crippen LogP contribution in [0.25, 0.3) is 22.5 Å². The number of halogens is 3. The first-order chi connectivity index (χ1) is 20.2. The lowest BCUT2D eigenvalue weighted by molar-refractivity contribution is 0.0841. The fraction of sp³-hybridized carbons (Fsp3) is 0.355. The summed E-state index contributed by atoms with van der Waals surface area (Å²) in [6, 6.07) is 7.99. The molecule has 42 heavy (non-hydrogen) atoms. The molecule has 2 aliphatic rings. The normalized spacial score (nSPS) is 16.3. The number of hydrogen-bond acceptors (Lipinski definition) is 5. The smallest absolute Gasteiger partial charge is 0.283 e. The molecule has 0 N–H and O–H groups in total. The van der Waals surface area contributed by atoms with Crippen LogP contribution in [-0.2, 0) is 13.1 Å². The Kier molecular flexibility index (Phi) is 7.12. The number of fused-ring (bicyclic) bond motifs is 3. The molecule has 2 aromatic heterocycles. The van der Waals surface area contributed by atoms with Gasteiger partial charge < -0.3 is 4.57 Å². The molecule has 0 bridgehead atoms. The fourth-order valence-electron chi connectivity index (χ4n) is 5.58. The molecule has 2 aliphatic heterocycles. The van der Waals surface area contributed by atoms with Gasteiger partial charge in [0.15, 0.2) is 5.69 Å². The minimum absolute atomic E-state index is 0.0273. The summed E-state index contributed by atoms with van der Waals surface area (Å²) < 4.78 is 47.5. The molecule has 0 radical (unpaired) electrons. The van der Waals surface area contributed by atoms with Gasteiger partial charge in [0.05, 0.1) is 25.3 Å². The van der Waals surface area contributed by atoms with Crippen LogP contribution in [0.1, 0.15) is 50.2 Å². The van der Waals surface area contributed by atoms with Crippen molar-refractivity contribution in [2.75, 3.05) is 18.0 Å². The van der Waals surface area contributed by atoms with Gasteiger partial charge in [-0.3, -0.25) is 19.3 Å². The first kappa shape index (κ1) is 27.7. The van der Waals surface area contributed by atoms with Crippen LogP contribution in [0, 0.1) is 23.4 Å². The number of imidazole rings is 1. The second-order valence-corrected chi connectivity index (χ2v) is 11.0. The van der Waals surface area contributed by atoms with E-state index in [1.807, 2.05) is 18.7 Å². The Hall–Kier alpha value is -4.41. The second kappa shape index (κ2) is 10.8. The van der Waals surface area contributed by atoms with Crippen LogP contribution >= 0.6 is 0 Å². The highest BCUT2D eigenvalue weighted by Crippen LogP contribution is 2.39. The molecular formula is C31H32F3N7O.